The summed E-state index contributed by atoms with van der Waals surface area (Å²) in [7, 11) is 1.61. The minimum atomic E-state index is -0.546. The van der Waals surface area contributed by atoms with E-state index in [1.165, 1.54) is 0 Å². The summed E-state index contributed by atoms with van der Waals surface area (Å²) in [4.78, 5) is 29.1. The van der Waals surface area contributed by atoms with Crippen molar-refractivity contribution in [2.75, 3.05) is 39.8 Å². The summed E-state index contributed by atoms with van der Waals surface area (Å²) in [6, 6.07) is 23.0. The summed E-state index contributed by atoms with van der Waals surface area (Å²) in [6.45, 7) is 3.24. The van der Waals surface area contributed by atoms with Crippen molar-refractivity contribution < 1.29 is 14.3 Å². The van der Waals surface area contributed by atoms with Crippen LogP contribution in [0.4, 0.5) is 0 Å². The minimum absolute atomic E-state index is 0. The monoisotopic (exact) mass is 615 g/mol. The molecule has 2 aliphatic heterocycles. The van der Waals surface area contributed by atoms with Crippen molar-refractivity contribution >= 4 is 47.4 Å². The third-order valence-electron chi connectivity index (χ3n) is 8.62. The van der Waals surface area contributed by atoms with Crippen molar-refractivity contribution in [3.8, 4) is 5.75 Å². The van der Waals surface area contributed by atoms with E-state index in [1.807, 2.05) is 41.3 Å². The zero-order chi connectivity index (χ0) is 28.2. The standard InChI is InChI=1S/C32H35Cl2N3O3.ClH/c1-40-26-10-7-23(8-11-26)29(38)37-20-16-31(22-37,25-9-12-27(33)28(34)21-25)13-19-36-30(39)32(14-17-35-18-15-32)24-5-3-2-4-6-24;/h2-12,21,35H,13-20,22H2,1H3,(H,36,39);1H. The Morgan fingerprint density at radius 3 is 2.29 bits per heavy atom. The number of hydrogen-bond acceptors (Lipinski definition) is 4. The van der Waals surface area contributed by atoms with Gasteiger partial charge in [0, 0.05) is 30.6 Å². The second-order valence-corrected chi connectivity index (χ2v) is 11.6. The summed E-state index contributed by atoms with van der Waals surface area (Å²) in [5.74, 6) is 0.751. The lowest BCUT2D eigenvalue weighted by Crippen LogP contribution is -2.51. The molecule has 2 heterocycles. The van der Waals surface area contributed by atoms with Crippen molar-refractivity contribution in [2.45, 2.75) is 36.5 Å². The van der Waals surface area contributed by atoms with Gasteiger partial charge in [0.2, 0.25) is 5.91 Å². The Labute approximate surface area is 258 Å². The Kier molecular flexibility index (Phi) is 10.2. The number of ether oxygens (including phenoxy) is 1. The largest absolute Gasteiger partial charge is 0.497 e. The first kappa shape index (κ1) is 31.2. The van der Waals surface area contributed by atoms with E-state index in [0.29, 0.717) is 47.4 Å². The molecule has 9 heteroatoms. The highest BCUT2D eigenvalue weighted by Crippen LogP contribution is 2.41. The van der Waals surface area contributed by atoms with E-state index < -0.39 is 5.41 Å². The Hall–Kier alpha value is -2.77. The molecule has 6 nitrogen and oxygen atoms in total. The number of halogens is 3. The third kappa shape index (κ3) is 6.51. The lowest BCUT2D eigenvalue weighted by atomic mass is 9.72. The Morgan fingerprint density at radius 1 is 0.927 bits per heavy atom. The predicted molar refractivity (Wildman–Crippen MR) is 167 cm³/mol. The fourth-order valence-corrected chi connectivity index (χ4v) is 6.51. The van der Waals surface area contributed by atoms with Gasteiger partial charge in [0.05, 0.1) is 22.6 Å². The van der Waals surface area contributed by atoms with E-state index >= 15 is 0 Å². The Balaban J connectivity index is 0.00000387. The van der Waals surface area contributed by atoms with Crippen LogP contribution in [0.15, 0.2) is 72.8 Å². The quantitative estimate of drug-likeness (QED) is 0.324. The molecule has 0 aromatic heterocycles. The summed E-state index contributed by atoms with van der Waals surface area (Å²) >= 11 is 12.7. The first-order chi connectivity index (χ1) is 19.4. The van der Waals surface area contributed by atoms with Crippen LogP contribution in [0.1, 0.15) is 47.2 Å². The SMILES string of the molecule is COc1ccc(C(=O)N2CCC(CCNC(=O)C3(c4ccccc4)CCNCC3)(c3ccc(Cl)c(Cl)c3)C2)cc1.Cl. The number of hydrogen-bond donors (Lipinski definition) is 2. The van der Waals surface area contributed by atoms with Gasteiger partial charge in [-0.2, -0.15) is 0 Å². The van der Waals surface area contributed by atoms with Crippen LogP contribution in [0.2, 0.25) is 10.0 Å². The molecule has 1 atom stereocenters. The average molecular weight is 617 g/mol. The molecule has 5 rings (SSSR count). The van der Waals surface area contributed by atoms with Crippen LogP contribution in [-0.4, -0.2) is 56.5 Å². The highest BCUT2D eigenvalue weighted by atomic mass is 35.5. The second kappa shape index (κ2) is 13.5. The number of nitrogens with one attached hydrogen (secondary N) is 2. The molecule has 3 aromatic rings. The summed E-state index contributed by atoms with van der Waals surface area (Å²) in [5, 5.41) is 7.65. The van der Waals surface area contributed by atoms with Crippen LogP contribution in [0.3, 0.4) is 0 Å². The molecule has 2 fully saturated rings. The van der Waals surface area contributed by atoms with Crippen molar-refractivity contribution in [1.82, 2.24) is 15.5 Å². The van der Waals surface area contributed by atoms with Gasteiger partial charge < -0.3 is 20.3 Å². The number of piperidine rings is 1. The number of nitrogens with zero attached hydrogens (tertiary/aromatic N) is 1. The normalized spacial score (nSPS) is 19.7. The van der Waals surface area contributed by atoms with Crippen LogP contribution in [0, 0.1) is 0 Å². The van der Waals surface area contributed by atoms with Crippen LogP contribution >= 0.6 is 35.6 Å². The van der Waals surface area contributed by atoms with Crippen LogP contribution in [0.5, 0.6) is 5.75 Å². The first-order valence-corrected chi connectivity index (χ1v) is 14.6. The van der Waals surface area contributed by atoms with Gasteiger partial charge in [-0.25, -0.2) is 0 Å². The molecule has 0 bridgehead atoms. The topological polar surface area (TPSA) is 70.7 Å². The molecule has 0 spiro atoms. The second-order valence-electron chi connectivity index (χ2n) is 10.8. The number of carbonyl (C=O) groups is 2. The summed E-state index contributed by atoms with van der Waals surface area (Å²) in [6.07, 6.45) is 2.94. The number of benzene rings is 3. The molecule has 0 aliphatic carbocycles. The summed E-state index contributed by atoms with van der Waals surface area (Å²) in [5.41, 5.74) is 1.80. The van der Waals surface area contributed by atoms with Crippen LogP contribution < -0.4 is 15.4 Å². The molecule has 0 radical (unpaired) electrons. The van der Waals surface area contributed by atoms with Crippen molar-refractivity contribution in [3.63, 3.8) is 0 Å². The molecule has 3 aromatic carbocycles. The molecule has 2 aliphatic rings. The number of amides is 2. The Morgan fingerprint density at radius 2 is 1.63 bits per heavy atom. The number of methoxy groups -OCH3 is 1. The van der Waals surface area contributed by atoms with Gasteiger partial charge in [0.15, 0.2) is 0 Å². The van der Waals surface area contributed by atoms with Crippen LogP contribution in [0.25, 0.3) is 0 Å². The van der Waals surface area contributed by atoms with E-state index in [-0.39, 0.29) is 29.6 Å². The summed E-state index contributed by atoms with van der Waals surface area (Å²) < 4.78 is 5.24. The smallest absolute Gasteiger partial charge is 0.253 e. The fourth-order valence-electron chi connectivity index (χ4n) is 6.21. The van der Waals surface area contributed by atoms with Gasteiger partial charge in [-0.15, -0.1) is 12.4 Å². The number of likely N-dealkylation sites (tertiary alicyclic amines) is 1. The van der Waals surface area contributed by atoms with Gasteiger partial charge in [-0.1, -0.05) is 59.6 Å². The van der Waals surface area contributed by atoms with E-state index in [4.69, 9.17) is 27.9 Å². The fraction of sp³-hybridized carbons (Fsp3) is 0.375. The zero-order valence-corrected chi connectivity index (χ0v) is 25.5. The highest BCUT2D eigenvalue weighted by Gasteiger charge is 2.44. The molecule has 2 amide bonds. The molecule has 1 unspecified atom stereocenters. The minimum Gasteiger partial charge on any atom is -0.497 e. The van der Waals surface area contributed by atoms with Gasteiger partial charge in [0.1, 0.15) is 5.75 Å². The van der Waals surface area contributed by atoms with E-state index in [2.05, 4.69) is 22.8 Å². The predicted octanol–water partition coefficient (Wildman–Crippen LogP) is 6.04. The highest BCUT2D eigenvalue weighted by molar-refractivity contribution is 6.42. The zero-order valence-electron chi connectivity index (χ0n) is 23.1. The average Bonchev–Trinajstić information content (AvgIpc) is 3.44. The third-order valence-corrected chi connectivity index (χ3v) is 9.36. The lowest BCUT2D eigenvalue weighted by molar-refractivity contribution is -0.127. The maximum atomic E-state index is 13.8. The molecular weight excluding hydrogens is 581 g/mol. The van der Waals surface area contributed by atoms with Crippen molar-refractivity contribution in [1.29, 1.82) is 0 Å². The molecular formula is C32H36Cl3N3O3. The van der Waals surface area contributed by atoms with Gasteiger partial charge in [0.25, 0.3) is 5.91 Å². The maximum Gasteiger partial charge on any atom is 0.253 e. The molecule has 218 valence electrons. The van der Waals surface area contributed by atoms with E-state index in [0.717, 1.165) is 43.5 Å². The molecule has 41 heavy (non-hydrogen) atoms. The first-order valence-electron chi connectivity index (χ1n) is 13.8. The molecule has 2 saturated heterocycles. The van der Waals surface area contributed by atoms with Crippen molar-refractivity contribution in [3.05, 3.63) is 99.5 Å². The van der Waals surface area contributed by atoms with Gasteiger partial charge in [-0.3, -0.25) is 9.59 Å². The maximum absolute atomic E-state index is 13.8. The van der Waals surface area contributed by atoms with Gasteiger partial charge in [-0.05, 0) is 86.3 Å². The number of carbonyl (C=O) groups excluding carboxylic acids is 2. The number of rotatable bonds is 8. The van der Waals surface area contributed by atoms with E-state index in [1.54, 1.807) is 31.4 Å². The Bertz CT molecular complexity index is 1350. The van der Waals surface area contributed by atoms with E-state index in [9.17, 15) is 9.59 Å². The molecule has 2 N–H and O–H groups in total. The van der Waals surface area contributed by atoms with Crippen molar-refractivity contribution in [2.24, 2.45) is 0 Å². The van der Waals surface area contributed by atoms with Crippen LogP contribution in [-0.2, 0) is 15.6 Å². The van der Waals surface area contributed by atoms with Gasteiger partial charge >= 0.3 is 0 Å². The molecule has 0 saturated carbocycles. The lowest BCUT2D eigenvalue weighted by Gasteiger charge is -2.37.